The van der Waals surface area contributed by atoms with Crippen molar-refractivity contribution < 1.29 is 0 Å². The average molecular weight is 295 g/mol. The van der Waals surface area contributed by atoms with Gasteiger partial charge in [0, 0.05) is 11.6 Å². The number of nitrogens with zero attached hydrogens (tertiary/aromatic N) is 1. The first-order valence-electron chi connectivity index (χ1n) is 9.54. The van der Waals surface area contributed by atoms with Crippen LogP contribution in [0.5, 0.6) is 0 Å². The molecule has 0 heterocycles. The van der Waals surface area contributed by atoms with E-state index in [0.717, 1.165) is 18.4 Å². The molecule has 21 heavy (non-hydrogen) atoms. The molecule has 0 bridgehead atoms. The van der Waals surface area contributed by atoms with Crippen LogP contribution in [0.2, 0.25) is 0 Å². The molecule has 0 aromatic heterocycles. The lowest BCUT2D eigenvalue weighted by molar-refractivity contribution is 0.0205. The van der Waals surface area contributed by atoms with E-state index in [4.69, 9.17) is 0 Å². The Hall–Kier alpha value is -0.0800. The summed E-state index contributed by atoms with van der Waals surface area (Å²) in [7, 11) is 4.65. The van der Waals surface area contributed by atoms with Crippen LogP contribution in [0, 0.1) is 11.8 Å². The standard InChI is InChI=1S/C19H38N2/c1-5-16-10-12-17(13-11-16)18(20-6-2)19(21(3)4)14-8-7-9-15-19/h16-18,20H,5-15H2,1-4H3. The fourth-order valence-corrected chi connectivity index (χ4v) is 5.15. The molecule has 1 atom stereocenters. The minimum atomic E-state index is 0.415. The van der Waals surface area contributed by atoms with Crippen molar-refractivity contribution in [2.24, 2.45) is 11.8 Å². The van der Waals surface area contributed by atoms with E-state index in [9.17, 15) is 0 Å². The molecule has 0 aromatic rings. The van der Waals surface area contributed by atoms with Crippen molar-refractivity contribution in [2.45, 2.75) is 89.6 Å². The second-order valence-electron chi connectivity index (χ2n) is 7.78. The second kappa shape index (κ2) is 7.97. The van der Waals surface area contributed by atoms with Gasteiger partial charge in [0.05, 0.1) is 0 Å². The maximum Gasteiger partial charge on any atom is 0.0359 e. The van der Waals surface area contributed by atoms with E-state index < -0.39 is 0 Å². The maximum absolute atomic E-state index is 3.94. The van der Waals surface area contributed by atoms with Crippen LogP contribution in [0.4, 0.5) is 0 Å². The van der Waals surface area contributed by atoms with Gasteiger partial charge >= 0.3 is 0 Å². The summed E-state index contributed by atoms with van der Waals surface area (Å²) < 4.78 is 0. The minimum Gasteiger partial charge on any atom is -0.312 e. The molecule has 2 fully saturated rings. The Morgan fingerprint density at radius 2 is 1.62 bits per heavy atom. The lowest BCUT2D eigenvalue weighted by atomic mass is 9.66. The summed E-state index contributed by atoms with van der Waals surface area (Å²) in [4.78, 5) is 2.57. The van der Waals surface area contributed by atoms with Crippen LogP contribution in [0.1, 0.15) is 78.1 Å². The van der Waals surface area contributed by atoms with Crippen molar-refractivity contribution in [3.05, 3.63) is 0 Å². The quantitative estimate of drug-likeness (QED) is 0.779. The summed E-state index contributed by atoms with van der Waals surface area (Å²) in [5.41, 5.74) is 0.415. The summed E-state index contributed by atoms with van der Waals surface area (Å²) in [5.74, 6) is 1.90. The molecule has 0 spiro atoms. The van der Waals surface area contributed by atoms with Gasteiger partial charge in [-0.15, -0.1) is 0 Å². The van der Waals surface area contributed by atoms with Gasteiger partial charge in [0.1, 0.15) is 0 Å². The maximum atomic E-state index is 3.94. The monoisotopic (exact) mass is 294 g/mol. The molecule has 124 valence electrons. The van der Waals surface area contributed by atoms with Gasteiger partial charge in [-0.1, -0.05) is 52.4 Å². The molecule has 1 unspecified atom stereocenters. The van der Waals surface area contributed by atoms with Crippen LogP contribution >= 0.6 is 0 Å². The predicted molar refractivity (Wildman–Crippen MR) is 92.7 cm³/mol. The summed E-state index contributed by atoms with van der Waals surface area (Å²) in [6, 6.07) is 0.704. The minimum absolute atomic E-state index is 0.415. The Balaban J connectivity index is 2.12. The lowest BCUT2D eigenvalue weighted by Crippen LogP contribution is -2.63. The third kappa shape index (κ3) is 3.82. The van der Waals surface area contributed by atoms with E-state index in [-0.39, 0.29) is 0 Å². The molecule has 2 heteroatoms. The first kappa shape index (κ1) is 17.3. The molecule has 0 aromatic carbocycles. The molecule has 2 nitrogen and oxygen atoms in total. The van der Waals surface area contributed by atoms with Crippen LogP contribution in [-0.4, -0.2) is 37.1 Å². The van der Waals surface area contributed by atoms with Crippen molar-refractivity contribution in [1.29, 1.82) is 0 Å². The number of rotatable bonds is 6. The smallest absolute Gasteiger partial charge is 0.0359 e. The van der Waals surface area contributed by atoms with Gasteiger partial charge in [0.2, 0.25) is 0 Å². The Labute approximate surface area is 133 Å². The van der Waals surface area contributed by atoms with Gasteiger partial charge in [-0.2, -0.15) is 0 Å². The van der Waals surface area contributed by atoms with E-state index in [0.29, 0.717) is 11.6 Å². The van der Waals surface area contributed by atoms with E-state index in [1.165, 1.54) is 64.2 Å². The first-order chi connectivity index (χ1) is 10.1. The van der Waals surface area contributed by atoms with Crippen molar-refractivity contribution in [3.63, 3.8) is 0 Å². The summed E-state index contributed by atoms with van der Waals surface area (Å²) in [6.45, 7) is 5.78. The highest BCUT2D eigenvalue weighted by molar-refractivity contribution is 5.03. The molecule has 1 N–H and O–H groups in total. The highest BCUT2D eigenvalue weighted by atomic mass is 15.2. The summed E-state index contributed by atoms with van der Waals surface area (Å²) in [5, 5.41) is 3.94. The Kier molecular flexibility index (Phi) is 6.55. The van der Waals surface area contributed by atoms with Gasteiger partial charge in [0.15, 0.2) is 0 Å². The Bertz CT molecular complexity index is 286. The van der Waals surface area contributed by atoms with Gasteiger partial charge in [-0.25, -0.2) is 0 Å². The van der Waals surface area contributed by atoms with Crippen molar-refractivity contribution in [1.82, 2.24) is 10.2 Å². The fraction of sp³-hybridized carbons (Fsp3) is 1.00. The van der Waals surface area contributed by atoms with Gasteiger partial charge < -0.3 is 10.2 Å². The number of likely N-dealkylation sites (N-methyl/N-ethyl adjacent to an activating group) is 2. The zero-order valence-electron chi connectivity index (χ0n) is 15.0. The zero-order chi connectivity index (χ0) is 15.3. The molecule has 0 amide bonds. The third-order valence-electron chi connectivity index (χ3n) is 6.55. The molecule has 2 aliphatic rings. The van der Waals surface area contributed by atoms with Gasteiger partial charge in [-0.3, -0.25) is 0 Å². The van der Waals surface area contributed by atoms with Gasteiger partial charge in [-0.05, 0) is 58.2 Å². The number of nitrogens with one attached hydrogen (secondary N) is 1. The number of hydrogen-bond donors (Lipinski definition) is 1. The van der Waals surface area contributed by atoms with Gasteiger partial charge in [0.25, 0.3) is 0 Å². The Morgan fingerprint density at radius 3 is 2.10 bits per heavy atom. The summed E-state index contributed by atoms with van der Waals surface area (Å²) in [6.07, 6.45) is 14.3. The highest BCUT2D eigenvalue weighted by Crippen LogP contribution is 2.42. The van der Waals surface area contributed by atoms with Crippen molar-refractivity contribution in [3.8, 4) is 0 Å². The van der Waals surface area contributed by atoms with Crippen molar-refractivity contribution >= 4 is 0 Å². The molecule has 2 aliphatic carbocycles. The Morgan fingerprint density at radius 1 is 1.00 bits per heavy atom. The molecule has 0 aliphatic heterocycles. The van der Waals surface area contributed by atoms with Crippen LogP contribution in [0.15, 0.2) is 0 Å². The molecule has 2 saturated carbocycles. The van der Waals surface area contributed by atoms with Crippen LogP contribution < -0.4 is 5.32 Å². The largest absolute Gasteiger partial charge is 0.312 e. The van der Waals surface area contributed by atoms with Crippen molar-refractivity contribution in [2.75, 3.05) is 20.6 Å². The molecular weight excluding hydrogens is 256 g/mol. The molecular formula is C19H38N2. The summed E-state index contributed by atoms with van der Waals surface area (Å²) >= 11 is 0. The molecule has 0 radical (unpaired) electrons. The SMILES string of the molecule is CCNC(C1CCC(CC)CC1)C1(N(C)C)CCCCC1. The lowest BCUT2D eigenvalue weighted by Gasteiger charge is -2.52. The van der Waals surface area contributed by atoms with E-state index in [2.05, 4.69) is 38.2 Å². The predicted octanol–water partition coefficient (Wildman–Crippen LogP) is 4.45. The normalized spacial score (nSPS) is 31.3. The van der Waals surface area contributed by atoms with E-state index >= 15 is 0 Å². The highest BCUT2D eigenvalue weighted by Gasteiger charge is 2.45. The van der Waals surface area contributed by atoms with Crippen LogP contribution in [0.25, 0.3) is 0 Å². The molecule has 2 rings (SSSR count). The average Bonchev–Trinajstić information content (AvgIpc) is 2.53. The fourth-order valence-electron chi connectivity index (χ4n) is 5.15. The topological polar surface area (TPSA) is 15.3 Å². The van der Waals surface area contributed by atoms with Crippen LogP contribution in [0.3, 0.4) is 0 Å². The third-order valence-corrected chi connectivity index (χ3v) is 6.55. The van der Waals surface area contributed by atoms with E-state index in [1.54, 1.807) is 0 Å². The van der Waals surface area contributed by atoms with Crippen LogP contribution in [-0.2, 0) is 0 Å². The second-order valence-corrected chi connectivity index (χ2v) is 7.78. The number of hydrogen-bond acceptors (Lipinski definition) is 2. The first-order valence-corrected chi connectivity index (χ1v) is 9.54. The molecule has 0 saturated heterocycles. The zero-order valence-corrected chi connectivity index (χ0v) is 15.0. The van der Waals surface area contributed by atoms with E-state index in [1.807, 2.05) is 0 Å².